The molecule has 0 aliphatic rings. The minimum atomic E-state index is 0.255. The van der Waals surface area contributed by atoms with Gasteiger partial charge in [-0.1, -0.05) is 12.1 Å². The molecule has 108 valence electrons. The third-order valence-electron chi connectivity index (χ3n) is 3.29. The van der Waals surface area contributed by atoms with Gasteiger partial charge < -0.3 is 10.2 Å². The zero-order chi connectivity index (χ0) is 14.5. The van der Waals surface area contributed by atoms with E-state index >= 15 is 0 Å². The van der Waals surface area contributed by atoms with Crippen molar-refractivity contribution in [1.29, 1.82) is 0 Å². The summed E-state index contributed by atoms with van der Waals surface area (Å²) in [5, 5.41) is 7.86. The van der Waals surface area contributed by atoms with Gasteiger partial charge in [-0.15, -0.1) is 0 Å². The van der Waals surface area contributed by atoms with E-state index < -0.39 is 0 Å². The molecule has 0 radical (unpaired) electrons. The quantitative estimate of drug-likeness (QED) is 0.877. The Morgan fingerprint density at radius 1 is 1.35 bits per heavy atom. The van der Waals surface area contributed by atoms with E-state index in [0.29, 0.717) is 0 Å². The van der Waals surface area contributed by atoms with Gasteiger partial charge in [-0.3, -0.25) is 4.68 Å². The molecule has 1 unspecified atom stereocenters. The third-order valence-corrected chi connectivity index (χ3v) is 3.29. The molecule has 0 bridgehead atoms. The normalized spacial score (nSPS) is 12.7. The fraction of sp³-hybridized carbons (Fsp3) is 0.438. The van der Waals surface area contributed by atoms with Crippen molar-refractivity contribution in [2.75, 3.05) is 19.4 Å². The molecule has 2 aromatic rings. The van der Waals surface area contributed by atoms with E-state index in [2.05, 4.69) is 73.7 Å². The third kappa shape index (κ3) is 3.84. The van der Waals surface area contributed by atoms with Crippen molar-refractivity contribution in [2.45, 2.75) is 33.0 Å². The lowest BCUT2D eigenvalue weighted by Gasteiger charge is -2.16. The van der Waals surface area contributed by atoms with Gasteiger partial charge in [-0.25, -0.2) is 0 Å². The standard InChI is InChI=1S/C16H24N4/c1-5-20-12-15(10-17-20)13(2)18-16-8-6-7-14(9-16)11-19(3)4/h6-10,12-13,18H,5,11H2,1-4H3. The highest BCUT2D eigenvalue weighted by Gasteiger charge is 2.08. The summed E-state index contributed by atoms with van der Waals surface area (Å²) in [6, 6.07) is 8.83. The molecule has 1 aromatic heterocycles. The number of nitrogens with one attached hydrogen (secondary N) is 1. The minimum Gasteiger partial charge on any atom is -0.378 e. The van der Waals surface area contributed by atoms with Crippen LogP contribution in [0.3, 0.4) is 0 Å². The molecule has 2 rings (SSSR count). The molecule has 0 fully saturated rings. The van der Waals surface area contributed by atoms with E-state index in [0.717, 1.165) is 18.8 Å². The smallest absolute Gasteiger partial charge is 0.0542 e. The summed E-state index contributed by atoms with van der Waals surface area (Å²) in [6.07, 6.45) is 4.03. The average molecular weight is 272 g/mol. The lowest BCUT2D eigenvalue weighted by molar-refractivity contribution is 0.402. The minimum absolute atomic E-state index is 0.255. The zero-order valence-electron chi connectivity index (χ0n) is 12.8. The van der Waals surface area contributed by atoms with Gasteiger partial charge in [0.15, 0.2) is 0 Å². The summed E-state index contributed by atoms with van der Waals surface area (Å²) >= 11 is 0. The molecule has 1 aromatic carbocycles. The van der Waals surface area contributed by atoms with Crippen molar-refractivity contribution in [1.82, 2.24) is 14.7 Å². The fourth-order valence-corrected chi connectivity index (χ4v) is 2.23. The van der Waals surface area contributed by atoms with Gasteiger partial charge in [0.05, 0.1) is 12.2 Å². The predicted octanol–water partition coefficient (Wildman–Crippen LogP) is 3.14. The first kappa shape index (κ1) is 14.6. The largest absolute Gasteiger partial charge is 0.378 e. The van der Waals surface area contributed by atoms with Crippen molar-refractivity contribution in [3.05, 3.63) is 47.8 Å². The average Bonchev–Trinajstić information content (AvgIpc) is 2.87. The molecule has 1 atom stereocenters. The summed E-state index contributed by atoms with van der Waals surface area (Å²) in [4.78, 5) is 2.17. The van der Waals surface area contributed by atoms with Gasteiger partial charge in [-0.2, -0.15) is 5.10 Å². The number of aromatic nitrogens is 2. The SMILES string of the molecule is CCn1cc(C(C)Nc2cccc(CN(C)C)c2)cn1. The molecule has 0 saturated heterocycles. The summed E-state index contributed by atoms with van der Waals surface area (Å²) in [6.45, 7) is 6.12. The van der Waals surface area contributed by atoms with Crippen LogP contribution in [0.2, 0.25) is 0 Å². The van der Waals surface area contributed by atoms with Crippen LogP contribution in [0.4, 0.5) is 5.69 Å². The van der Waals surface area contributed by atoms with E-state index in [1.165, 1.54) is 11.1 Å². The van der Waals surface area contributed by atoms with Crippen molar-refractivity contribution < 1.29 is 0 Å². The Hall–Kier alpha value is -1.81. The van der Waals surface area contributed by atoms with Crippen molar-refractivity contribution >= 4 is 5.69 Å². The molecule has 0 amide bonds. The Bertz CT molecular complexity index is 545. The van der Waals surface area contributed by atoms with Crippen molar-refractivity contribution in [3.63, 3.8) is 0 Å². The molecule has 4 heteroatoms. The summed E-state index contributed by atoms with van der Waals surface area (Å²) < 4.78 is 1.95. The number of hydrogen-bond donors (Lipinski definition) is 1. The van der Waals surface area contributed by atoms with Crippen LogP contribution in [0.1, 0.15) is 31.0 Å². The van der Waals surface area contributed by atoms with Crippen LogP contribution in [0.25, 0.3) is 0 Å². The lowest BCUT2D eigenvalue weighted by Crippen LogP contribution is -2.11. The maximum Gasteiger partial charge on any atom is 0.0542 e. The number of rotatable bonds is 6. The Kier molecular flexibility index (Phi) is 4.79. The van der Waals surface area contributed by atoms with Crippen LogP contribution in [0, 0.1) is 0 Å². The first-order chi connectivity index (χ1) is 9.58. The van der Waals surface area contributed by atoms with E-state index in [1.807, 2.05) is 10.9 Å². The Morgan fingerprint density at radius 3 is 2.80 bits per heavy atom. The van der Waals surface area contributed by atoms with Gasteiger partial charge >= 0.3 is 0 Å². The monoisotopic (exact) mass is 272 g/mol. The Morgan fingerprint density at radius 2 is 2.15 bits per heavy atom. The number of hydrogen-bond acceptors (Lipinski definition) is 3. The molecular weight excluding hydrogens is 248 g/mol. The molecule has 0 saturated carbocycles. The molecule has 0 aliphatic carbocycles. The van der Waals surface area contributed by atoms with Crippen LogP contribution in [-0.2, 0) is 13.1 Å². The highest BCUT2D eigenvalue weighted by molar-refractivity contribution is 5.47. The maximum atomic E-state index is 4.32. The van der Waals surface area contributed by atoms with Crippen LogP contribution in [0.5, 0.6) is 0 Å². The Balaban J connectivity index is 2.05. The van der Waals surface area contributed by atoms with Crippen LogP contribution < -0.4 is 5.32 Å². The summed E-state index contributed by atoms with van der Waals surface area (Å²) in [7, 11) is 4.17. The van der Waals surface area contributed by atoms with Gasteiger partial charge in [0.25, 0.3) is 0 Å². The van der Waals surface area contributed by atoms with E-state index in [4.69, 9.17) is 0 Å². The molecule has 0 aliphatic heterocycles. The summed E-state index contributed by atoms with van der Waals surface area (Å²) in [5.74, 6) is 0. The van der Waals surface area contributed by atoms with Gasteiger partial charge in [0.1, 0.15) is 0 Å². The Labute approximate surface area is 121 Å². The highest BCUT2D eigenvalue weighted by atomic mass is 15.3. The number of benzene rings is 1. The molecule has 4 nitrogen and oxygen atoms in total. The molecule has 1 N–H and O–H groups in total. The lowest BCUT2D eigenvalue weighted by atomic mass is 10.1. The second-order valence-electron chi connectivity index (χ2n) is 5.43. The van der Waals surface area contributed by atoms with Crippen molar-refractivity contribution in [3.8, 4) is 0 Å². The first-order valence-corrected chi connectivity index (χ1v) is 7.11. The first-order valence-electron chi connectivity index (χ1n) is 7.11. The topological polar surface area (TPSA) is 33.1 Å². The molecular formula is C16H24N4. The molecule has 1 heterocycles. The number of aryl methyl sites for hydroxylation is 1. The predicted molar refractivity (Wildman–Crippen MR) is 83.8 cm³/mol. The maximum absolute atomic E-state index is 4.32. The highest BCUT2D eigenvalue weighted by Crippen LogP contribution is 2.20. The zero-order valence-corrected chi connectivity index (χ0v) is 12.8. The second-order valence-corrected chi connectivity index (χ2v) is 5.43. The van der Waals surface area contributed by atoms with Crippen LogP contribution in [0.15, 0.2) is 36.7 Å². The van der Waals surface area contributed by atoms with Gasteiger partial charge in [0, 0.05) is 30.5 Å². The second kappa shape index (κ2) is 6.57. The van der Waals surface area contributed by atoms with E-state index in [-0.39, 0.29) is 6.04 Å². The van der Waals surface area contributed by atoms with E-state index in [9.17, 15) is 0 Å². The van der Waals surface area contributed by atoms with Gasteiger partial charge in [0.2, 0.25) is 0 Å². The van der Waals surface area contributed by atoms with Crippen LogP contribution >= 0.6 is 0 Å². The van der Waals surface area contributed by atoms with Crippen LogP contribution in [-0.4, -0.2) is 28.8 Å². The van der Waals surface area contributed by atoms with E-state index in [1.54, 1.807) is 0 Å². The van der Waals surface area contributed by atoms with Crippen molar-refractivity contribution in [2.24, 2.45) is 0 Å². The van der Waals surface area contributed by atoms with Gasteiger partial charge in [-0.05, 0) is 45.6 Å². The molecule has 20 heavy (non-hydrogen) atoms. The molecule has 0 spiro atoms. The number of nitrogens with zero attached hydrogens (tertiary/aromatic N) is 3. The number of anilines is 1. The fourth-order valence-electron chi connectivity index (χ4n) is 2.23. The summed E-state index contributed by atoms with van der Waals surface area (Å²) in [5.41, 5.74) is 3.68.